The molecule has 0 heterocycles. The lowest BCUT2D eigenvalue weighted by Gasteiger charge is -2.18. The van der Waals surface area contributed by atoms with Crippen LogP contribution in [0.3, 0.4) is 0 Å². The number of esters is 3. The van der Waals surface area contributed by atoms with Crippen molar-refractivity contribution in [3.8, 4) is 0 Å². The van der Waals surface area contributed by atoms with E-state index in [0.29, 0.717) is 19.3 Å². The lowest BCUT2D eigenvalue weighted by Crippen LogP contribution is -2.30. The summed E-state index contributed by atoms with van der Waals surface area (Å²) < 4.78 is 16.8. The molecule has 384 valence electrons. The van der Waals surface area contributed by atoms with Crippen LogP contribution in [0, 0.1) is 0 Å². The van der Waals surface area contributed by atoms with Crippen LogP contribution in [0.2, 0.25) is 0 Å². The maximum Gasteiger partial charge on any atom is 0.306 e. The molecule has 0 aliphatic rings. The maximum absolute atomic E-state index is 12.8. The average molecular weight is 933 g/mol. The molecule has 1 unspecified atom stereocenters. The third-order valence-corrected chi connectivity index (χ3v) is 11.9. The Hall–Kier alpha value is -3.41. The van der Waals surface area contributed by atoms with Crippen LogP contribution in [-0.4, -0.2) is 37.2 Å². The molecule has 0 aliphatic carbocycles. The summed E-state index contributed by atoms with van der Waals surface area (Å²) in [6.07, 6.45) is 71.6. The Bertz CT molecular complexity index is 1300. The quantitative estimate of drug-likeness (QED) is 0.0262. The highest BCUT2D eigenvalue weighted by atomic mass is 16.6. The van der Waals surface area contributed by atoms with Crippen LogP contribution >= 0.6 is 0 Å². The predicted molar refractivity (Wildman–Crippen MR) is 288 cm³/mol. The molecule has 0 saturated heterocycles. The first-order valence-electron chi connectivity index (χ1n) is 28.1. The standard InChI is InChI=1S/C61H104O6/c1-4-7-10-13-16-19-21-23-25-27-28-29-30-31-32-33-34-35-37-38-40-42-45-48-51-54-60(63)66-57-58(56-65-59(62)53-50-47-44-18-15-12-9-6-3)67-61(64)55-52-49-46-43-41-39-36-26-24-22-20-17-14-11-8-5-2/h7,10,16,19,23,25,28-29,31-32,34-35,38,40,58H,4-6,8-9,11-15,17-18,20-22,24,26-27,30,33,36-37,39,41-57H2,1-3H3/b10-7-,19-16-,25-23-,29-28-,32-31-,35-34-,40-38-. The number of carbonyl (C=O) groups excluding carboxylic acids is 3. The Morgan fingerprint density at radius 1 is 0.313 bits per heavy atom. The second-order valence-electron chi connectivity index (χ2n) is 18.5. The maximum atomic E-state index is 12.8. The highest BCUT2D eigenvalue weighted by Gasteiger charge is 2.19. The van der Waals surface area contributed by atoms with Gasteiger partial charge in [0.15, 0.2) is 6.10 Å². The lowest BCUT2D eigenvalue weighted by atomic mass is 10.0. The van der Waals surface area contributed by atoms with Gasteiger partial charge in [-0.05, 0) is 77.0 Å². The number of carbonyl (C=O) groups is 3. The second-order valence-corrected chi connectivity index (χ2v) is 18.5. The molecule has 0 aromatic carbocycles. The zero-order valence-corrected chi connectivity index (χ0v) is 43.9. The van der Waals surface area contributed by atoms with Gasteiger partial charge in [0, 0.05) is 19.3 Å². The molecule has 67 heavy (non-hydrogen) atoms. The van der Waals surface area contributed by atoms with Gasteiger partial charge in [-0.25, -0.2) is 0 Å². The Morgan fingerprint density at radius 3 is 0.910 bits per heavy atom. The zero-order chi connectivity index (χ0) is 48.6. The van der Waals surface area contributed by atoms with Gasteiger partial charge in [0.25, 0.3) is 0 Å². The van der Waals surface area contributed by atoms with Crippen molar-refractivity contribution in [2.45, 2.75) is 271 Å². The van der Waals surface area contributed by atoms with Crippen molar-refractivity contribution in [3.05, 3.63) is 85.1 Å². The van der Waals surface area contributed by atoms with Gasteiger partial charge in [-0.15, -0.1) is 0 Å². The molecule has 0 rings (SSSR count). The van der Waals surface area contributed by atoms with Crippen molar-refractivity contribution >= 4 is 17.9 Å². The Balaban J connectivity index is 4.31. The lowest BCUT2D eigenvalue weighted by molar-refractivity contribution is -0.167. The first kappa shape index (κ1) is 63.6. The number of ether oxygens (including phenoxy) is 3. The van der Waals surface area contributed by atoms with E-state index in [2.05, 4.69) is 106 Å². The normalized spacial score (nSPS) is 12.7. The molecular formula is C61H104O6. The summed E-state index contributed by atoms with van der Waals surface area (Å²) in [6, 6.07) is 0. The van der Waals surface area contributed by atoms with E-state index in [1.807, 2.05) is 0 Å². The average Bonchev–Trinajstić information content (AvgIpc) is 3.33. The van der Waals surface area contributed by atoms with Gasteiger partial charge in [0.1, 0.15) is 13.2 Å². The van der Waals surface area contributed by atoms with E-state index in [1.54, 1.807) is 0 Å². The number of hydrogen-bond donors (Lipinski definition) is 0. The molecule has 0 bridgehead atoms. The first-order valence-corrected chi connectivity index (χ1v) is 28.1. The second kappa shape index (κ2) is 55.2. The highest BCUT2D eigenvalue weighted by molar-refractivity contribution is 5.71. The monoisotopic (exact) mass is 933 g/mol. The first-order chi connectivity index (χ1) is 33.0. The summed E-state index contributed by atoms with van der Waals surface area (Å²) >= 11 is 0. The fourth-order valence-electron chi connectivity index (χ4n) is 7.72. The van der Waals surface area contributed by atoms with E-state index in [-0.39, 0.29) is 31.1 Å². The molecule has 1 atom stereocenters. The largest absolute Gasteiger partial charge is 0.462 e. The molecular weight excluding hydrogens is 829 g/mol. The van der Waals surface area contributed by atoms with Crippen LogP contribution in [0.5, 0.6) is 0 Å². The smallest absolute Gasteiger partial charge is 0.306 e. The summed E-state index contributed by atoms with van der Waals surface area (Å²) in [4.78, 5) is 37.9. The Labute approximate surface area is 414 Å². The van der Waals surface area contributed by atoms with Crippen LogP contribution in [-0.2, 0) is 28.6 Å². The molecule has 0 N–H and O–H groups in total. The summed E-state index contributed by atoms with van der Waals surface area (Å²) in [7, 11) is 0. The molecule has 0 spiro atoms. The van der Waals surface area contributed by atoms with Crippen LogP contribution in [0.4, 0.5) is 0 Å². The van der Waals surface area contributed by atoms with E-state index in [9.17, 15) is 14.4 Å². The van der Waals surface area contributed by atoms with E-state index in [1.165, 1.54) is 116 Å². The molecule has 0 amide bonds. The van der Waals surface area contributed by atoms with Gasteiger partial charge in [0.2, 0.25) is 0 Å². The molecule has 0 aromatic rings. The minimum atomic E-state index is -0.786. The minimum Gasteiger partial charge on any atom is -0.462 e. The summed E-state index contributed by atoms with van der Waals surface area (Å²) in [5.41, 5.74) is 0. The van der Waals surface area contributed by atoms with Gasteiger partial charge < -0.3 is 14.2 Å². The van der Waals surface area contributed by atoms with Crippen molar-refractivity contribution in [2.75, 3.05) is 13.2 Å². The molecule has 6 nitrogen and oxygen atoms in total. The highest BCUT2D eigenvalue weighted by Crippen LogP contribution is 2.16. The van der Waals surface area contributed by atoms with Crippen molar-refractivity contribution in [3.63, 3.8) is 0 Å². The number of hydrogen-bond acceptors (Lipinski definition) is 6. The van der Waals surface area contributed by atoms with Crippen LogP contribution in [0.25, 0.3) is 0 Å². The van der Waals surface area contributed by atoms with E-state index < -0.39 is 6.10 Å². The van der Waals surface area contributed by atoms with Gasteiger partial charge in [0.05, 0.1) is 0 Å². The van der Waals surface area contributed by atoms with Crippen molar-refractivity contribution in [1.82, 2.24) is 0 Å². The fraction of sp³-hybridized carbons (Fsp3) is 0.721. The SMILES string of the molecule is CC/C=C\C/C=C\C/C=C\C/C=C\C/C=C\C/C=C\C/C=C\CCCCCC(=O)OCC(COC(=O)CCCCCCCCCC)OC(=O)CCCCCCCCCCCCCCCCCC. The van der Waals surface area contributed by atoms with Gasteiger partial charge in [-0.2, -0.15) is 0 Å². The van der Waals surface area contributed by atoms with Crippen molar-refractivity contribution in [1.29, 1.82) is 0 Å². The van der Waals surface area contributed by atoms with Gasteiger partial charge in [-0.3, -0.25) is 14.4 Å². The van der Waals surface area contributed by atoms with Gasteiger partial charge in [-0.1, -0.05) is 254 Å². The van der Waals surface area contributed by atoms with Crippen LogP contribution < -0.4 is 0 Å². The van der Waals surface area contributed by atoms with Crippen LogP contribution in [0.1, 0.15) is 265 Å². The van der Waals surface area contributed by atoms with Gasteiger partial charge >= 0.3 is 17.9 Å². The summed E-state index contributed by atoms with van der Waals surface area (Å²) in [5.74, 6) is -0.917. The number of allylic oxidation sites excluding steroid dienone is 14. The predicted octanol–water partition coefficient (Wildman–Crippen LogP) is 18.8. The Morgan fingerprint density at radius 2 is 0.582 bits per heavy atom. The summed E-state index contributed by atoms with van der Waals surface area (Å²) in [5, 5.41) is 0. The molecule has 0 aliphatic heterocycles. The molecule has 0 aromatic heterocycles. The van der Waals surface area contributed by atoms with Crippen molar-refractivity contribution in [2.24, 2.45) is 0 Å². The topological polar surface area (TPSA) is 78.9 Å². The molecule has 0 fully saturated rings. The van der Waals surface area contributed by atoms with E-state index in [0.717, 1.165) is 109 Å². The minimum absolute atomic E-state index is 0.0846. The van der Waals surface area contributed by atoms with E-state index in [4.69, 9.17) is 14.2 Å². The van der Waals surface area contributed by atoms with Crippen LogP contribution in [0.15, 0.2) is 85.1 Å². The fourth-order valence-corrected chi connectivity index (χ4v) is 7.72. The molecule has 0 radical (unpaired) electrons. The zero-order valence-electron chi connectivity index (χ0n) is 43.9. The van der Waals surface area contributed by atoms with E-state index >= 15 is 0 Å². The molecule has 0 saturated carbocycles. The number of unbranched alkanes of at least 4 members (excludes halogenated alkanes) is 25. The third kappa shape index (κ3) is 53.4. The van der Waals surface area contributed by atoms with Crippen molar-refractivity contribution < 1.29 is 28.6 Å². The molecule has 6 heteroatoms. The Kier molecular flexibility index (Phi) is 52.4. The third-order valence-electron chi connectivity index (χ3n) is 11.9. The number of rotatable bonds is 50. The summed E-state index contributed by atoms with van der Waals surface area (Å²) in [6.45, 7) is 6.48.